The number of carbonyl (C=O) groups excluding carboxylic acids is 2. The van der Waals surface area contributed by atoms with Crippen molar-refractivity contribution in [1.82, 2.24) is 10.2 Å². The summed E-state index contributed by atoms with van der Waals surface area (Å²) in [5, 5.41) is 2.56. The Bertz CT molecular complexity index is 683. The minimum atomic E-state index is -3.63. The largest absolute Gasteiger partial charge is 0.356 e. The van der Waals surface area contributed by atoms with Crippen molar-refractivity contribution in [3.05, 3.63) is 30.1 Å². The summed E-state index contributed by atoms with van der Waals surface area (Å²) in [5.74, 6) is -1.29. The first-order valence-electron chi connectivity index (χ1n) is 7.91. The van der Waals surface area contributed by atoms with Crippen molar-refractivity contribution < 1.29 is 22.4 Å². The predicted octanol–water partition coefficient (Wildman–Crippen LogP) is 1.12. The van der Waals surface area contributed by atoms with Crippen molar-refractivity contribution in [3.63, 3.8) is 0 Å². The van der Waals surface area contributed by atoms with Crippen LogP contribution in [0.1, 0.15) is 25.7 Å². The standard InChI is InChI=1S/C16H21FN2O4S/c17-13-3-5-14(6-4-13)24(22,23)12-8-15(20)18-9-7-16(21)19-10-1-2-11-19/h3-6H,1-2,7-12H2,(H,18,20). The van der Waals surface area contributed by atoms with E-state index in [1.54, 1.807) is 4.90 Å². The lowest BCUT2D eigenvalue weighted by atomic mass is 10.3. The Balaban J connectivity index is 1.72. The maximum atomic E-state index is 12.8. The minimum Gasteiger partial charge on any atom is -0.356 e. The van der Waals surface area contributed by atoms with E-state index in [0.29, 0.717) is 0 Å². The van der Waals surface area contributed by atoms with Crippen molar-refractivity contribution in [1.29, 1.82) is 0 Å². The van der Waals surface area contributed by atoms with Crippen molar-refractivity contribution in [3.8, 4) is 0 Å². The Morgan fingerprint density at radius 1 is 1.08 bits per heavy atom. The average molecular weight is 356 g/mol. The molecule has 1 N–H and O–H groups in total. The molecule has 1 heterocycles. The molecule has 0 unspecified atom stereocenters. The van der Waals surface area contributed by atoms with Gasteiger partial charge in [0.1, 0.15) is 5.82 Å². The fourth-order valence-electron chi connectivity index (χ4n) is 2.51. The number of carbonyl (C=O) groups is 2. The maximum absolute atomic E-state index is 12.8. The normalized spacial score (nSPS) is 14.6. The quantitative estimate of drug-likeness (QED) is 0.742. The van der Waals surface area contributed by atoms with Crippen LogP contribution in [0, 0.1) is 5.82 Å². The van der Waals surface area contributed by atoms with E-state index in [0.717, 1.165) is 38.1 Å². The molecular weight excluding hydrogens is 335 g/mol. The van der Waals surface area contributed by atoms with E-state index in [2.05, 4.69) is 5.32 Å². The SMILES string of the molecule is O=C(CCS(=O)(=O)c1ccc(F)cc1)NCCC(=O)N1CCCC1. The van der Waals surface area contributed by atoms with Crippen molar-refractivity contribution in [2.24, 2.45) is 0 Å². The van der Waals surface area contributed by atoms with Gasteiger partial charge in [-0.2, -0.15) is 0 Å². The molecule has 0 radical (unpaired) electrons. The van der Waals surface area contributed by atoms with Gasteiger partial charge in [-0.25, -0.2) is 12.8 Å². The molecule has 1 aliphatic heterocycles. The smallest absolute Gasteiger partial charge is 0.224 e. The summed E-state index contributed by atoms with van der Waals surface area (Å²) in [5.41, 5.74) is 0. The van der Waals surface area contributed by atoms with E-state index in [-0.39, 0.29) is 35.9 Å². The van der Waals surface area contributed by atoms with Crippen LogP contribution < -0.4 is 5.32 Å². The van der Waals surface area contributed by atoms with Gasteiger partial charge in [-0.15, -0.1) is 0 Å². The highest BCUT2D eigenvalue weighted by atomic mass is 32.2. The van der Waals surface area contributed by atoms with Crippen LogP contribution in [-0.4, -0.2) is 50.5 Å². The molecule has 6 nitrogen and oxygen atoms in total. The number of halogens is 1. The van der Waals surface area contributed by atoms with Gasteiger partial charge in [0.05, 0.1) is 10.6 Å². The molecule has 132 valence electrons. The molecule has 2 amide bonds. The summed E-state index contributed by atoms with van der Waals surface area (Å²) >= 11 is 0. The number of nitrogens with one attached hydrogen (secondary N) is 1. The molecule has 0 saturated carbocycles. The average Bonchev–Trinajstić information content (AvgIpc) is 3.08. The van der Waals surface area contributed by atoms with Crippen LogP contribution in [0.25, 0.3) is 0 Å². The molecule has 8 heteroatoms. The molecule has 0 aromatic heterocycles. The molecular formula is C16H21FN2O4S. The van der Waals surface area contributed by atoms with Gasteiger partial charge in [-0.1, -0.05) is 0 Å². The number of amides is 2. The number of nitrogens with zero attached hydrogens (tertiary/aromatic N) is 1. The number of rotatable bonds is 7. The van der Waals surface area contributed by atoms with Crippen molar-refractivity contribution in [2.75, 3.05) is 25.4 Å². The summed E-state index contributed by atoms with van der Waals surface area (Å²) in [6.07, 6.45) is 2.05. The van der Waals surface area contributed by atoms with E-state index >= 15 is 0 Å². The summed E-state index contributed by atoms with van der Waals surface area (Å²) in [4.78, 5) is 25.3. The number of hydrogen-bond donors (Lipinski definition) is 1. The molecule has 1 aliphatic rings. The Morgan fingerprint density at radius 3 is 2.33 bits per heavy atom. The number of likely N-dealkylation sites (tertiary alicyclic amines) is 1. The van der Waals surface area contributed by atoms with Crippen LogP contribution in [0.4, 0.5) is 4.39 Å². The lowest BCUT2D eigenvalue weighted by Gasteiger charge is -2.15. The highest BCUT2D eigenvalue weighted by Gasteiger charge is 2.19. The second kappa shape index (κ2) is 8.23. The molecule has 1 saturated heterocycles. The zero-order valence-electron chi connectivity index (χ0n) is 13.3. The Hall–Kier alpha value is -1.96. The Morgan fingerprint density at radius 2 is 1.71 bits per heavy atom. The second-order valence-electron chi connectivity index (χ2n) is 5.71. The Kier molecular flexibility index (Phi) is 6.30. The van der Waals surface area contributed by atoms with Gasteiger partial charge in [-0.05, 0) is 37.1 Å². The molecule has 0 bridgehead atoms. The van der Waals surface area contributed by atoms with Crippen LogP contribution in [0.3, 0.4) is 0 Å². The molecule has 1 aromatic rings. The maximum Gasteiger partial charge on any atom is 0.224 e. The molecule has 1 fully saturated rings. The van der Waals surface area contributed by atoms with E-state index in [1.807, 2.05) is 0 Å². The molecule has 0 spiro atoms. The molecule has 1 aromatic carbocycles. The first-order chi connectivity index (χ1) is 11.4. The lowest BCUT2D eigenvalue weighted by molar-refractivity contribution is -0.130. The van der Waals surface area contributed by atoms with Crippen LogP contribution in [0.2, 0.25) is 0 Å². The van der Waals surface area contributed by atoms with Gasteiger partial charge in [-0.3, -0.25) is 9.59 Å². The van der Waals surface area contributed by atoms with Crippen LogP contribution in [0.5, 0.6) is 0 Å². The van der Waals surface area contributed by atoms with Gasteiger partial charge < -0.3 is 10.2 Å². The first kappa shape index (κ1) is 18.4. The third-order valence-electron chi connectivity index (χ3n) is 3.89. The zero-order chi connectivity index (χ0) is 17.6. The van der Waals surface area contributed by atoms with E-state index in [4.69, 9.17) is 0 Å². The highest BCUT2D eigenvalue weighted by Crippen LogP contribution is 2.13. The first-order valence-corrected chi connectivity index (χ1v) is 9.56. The fraction of sp³-hybridized carbons (Fsp3) is 0.500. The van der Waals surface area contributed by atoms with E-state index in [9.17, 15) is 22.4 Å². The van der Waals surface area contributed by atoms with Gasteiger partial charge in [0.2, 0.25) is 11.8 Å². The Labute approximate surface area is 140 Å². The van der Waals surface area contributed by atoms with Crippen molar-refractivity contribution >= 4 is 21.7 Å². The summed E-state index contributed by atoms with van der Waals surface area (Å²) in [6.45, 7) is 1.73. The summed E-state index contributed by atoms with van der Waals surface area (Å²) < 4.78 is 36.9. The third-order valence-corrected chi connectivity index (χ3v) is 5.62. The van der Waals surface area contributed by atoms with Crippen LogP contribution >= 0.6 is 0 Å². The van der Waals surface area contributed by atoms with Gasteiger partial charge in [0, 0.05) is 32.5 Å². The summed E-state index contributed by atoms with van der Waals surface area (Å²) in [7, 11) is -3.63. The lowest BCUT2D eigenvalue weighted by Crippen LogP contribution is -2.33. The van der Waals surface area contributed by atoms with E-state index < -0.39 is 21.6 Å². The molecule has 0 atom stereocenters. The second-order valence-corrected chi connectivity index (χ2v) is 7.82. The van der Waals surface area contributed by atoms with Gasteiger partial charge in [0.25, 0.3) is 0 Å². The molecule has 2 rings (SSSR count). The highest BCUT2D eigenvalue weighted by molar-refractivity contribution is 7.91. The van der Waals surface area contributed by atoms with Crippen LogP contribution in [0.15, 0.2) is 29.2 Å². The number of benzene rings is 1. The van der Waals surface area contributed by atoms with Gasteiger partial charge in [0.15, 0.2) is 9.84 Å². The molecule has 24 heavy (non-hydrogen) atoms. The monoisotopic (exact) mass is 356 g/mol. The topological polar surface area (TPSA) is 83.5 Å². The zero-order valence-corrected chi connectivity index (χ0v) is 14.1. The van der Waals surface area contributed by atoms with Crippen LogP contribution in [-0.2, 0) is 19.4 Å². The fourth-order valence-corrected chi connectivity index (χ4v) is 3.75. The van der Waals surface area contributed by atoms with Gasteiger partial charge >= 0.3 is 0 Å². The number of hydrogen-bond acceptors (Lipinski definition) is 4. The minimum absolute atomic E-state index is 0.00623. The molecule has 0 aliphatic carbocycles. The predicted molar refractivity (Wildman–Crippen MR) is 86.5 cm³/mol. The van der Waals surface area contributed by atoms with Crippen molar-refractivity contribution in [2.45, 2.75) is 30.6 Å². The summed E-state index contributed by atoms with van der Waals surface area (Å²) in [6, 6.07) is 4.49. The van der Waals surface area contributed by atoms with E-state index in [1.165, 1.54) is 12.1 Å². The number of sulfone groups is 1. The third kappa shape index (κ3) is 5.30.